The number of aliphatic hydroxyl groups excluding tert-OH is 1. The molecular formula is C14H24N2O4. The van der Waals surface area contributed by atoms with Crippen LogP contribution in [-0.2, 0) is 9.59 Å². The molecule has 6 heteroatoms. The van der Waals surface area contributed by atoms with Crippen molar-refractivity contribution < 1.29 is 19.8 Å². The van der Waals surface area contributed by atoms with E-state index in [9.17, 15) is 14.7 Å². The second-order valence-corrected chi connectivity index (χ2v) is 6.06. The van der Waals surface area contributed by atoms with Gasteiger partial charge in [0.2, 0.25) is 5.91 Å². The molecule has 1 aliphatic carbocycles. The number of amides is 1. The van der Waals surface area contributed by atoms with Gasteiger partial charge in [-0.2, -0.15) is 0 Å². The van der Waals surface area contributed by atoms with E-state index in [4.69, 9.17) is 5.11 Å². The van der Waals surface area contributed by atoms with Gasteiger partial charge in [0, 0.05) is 24.9 Å². The molecule has 114 valence electrons. The fraction of sp³-hybridized carbons (Fsp3) is 0.857. The molecule has 1 unspecified atom stereocenters. The summed E-state index contributed by atoms with van der Waals surface area (Å²) in [5, 5.41) is 22.0. The van der Waals surface area contributed by atoms with Crippen molar-refractivity contribution in [3.63, 3.8) is 0 Å². The van der Waals surface area contributed by atoms with E-state index < -0.39 is 18.1 Å². The Morgan fingerprint density at radius 3 is 2.50 bits per heavy atom. The molecule has 20 heavy (non-hydrogen) atoms. The van der Waals surface area contributed by atoms with Crippen molar-refractivity contribution in [2.45, 2.75) is 62.6 Å². The Labute approximate surface area is 119 Å². The lowest BCUT2D eigenvalue weighted by molar-refractivity contribution is -0.149. The fourth-order valence-corrected chi connectivity index (χ4v) is 3.46. The van der Waals surface area contributed by atoms with Gasteiger partial charge in [-0.15, -0.1) is 0 Å². The molecule has 2 fully saturated rings. The number of likely N-dealkylation sites (tertiary alicyclic amines) is 1. The van der Waals surface area contributed by atoms with E-state index in [0.29, 0.717) is 6.42 Å². The summed E-state index contributed by atoms with van der Waals surface area (Å²) in [4.78, 5) is 25.0. The van der Waals surface area contributed by atoms with Gasteiger partial charge < -0.3 is 20.4 Å². The first-order valence-corrected chi connectivity index (χ1v) is 7.37. The average molecular weight is 284 g/mol. The first-order valence-electron chi connectivity index (χ1n) is 7.37. The monoisotopic (exact) mass is 284 g/mol. The lowest BCUT2D eigenvalue weighted by atomic mass is 9.79. The predicted molar refractivity (Wildman–Crippen MR) is 73.3 cm³/mol. The van der Waals surface area contributed by atoms with Crippen molar-refractivity contribution in [2.24, 2.45) is 0 Å². The summed E-state index contributed by atoms with van der Waals surface area (Å²) in [5.74, 6) is -1.19. The molecule has 0 bridgehead atoms. The minimum Gasteiger partial charge on any atom is -0.480 e. The highest BCUT2D eigenvalue weighted by molar-refractivity contribution is 5.85. The van der Waals surface area contributed by atoms with Gasteiger partial charge in [-0.25, -0.2) is 4.79 Å². The van der Waals surface area contributed by atoms with E-state index in [2.05, 4.69) is 5.32 Å². The number of hydrogen-bond acceptors (Lipinski definition) is 4. The van der Waals surface area contributed by atoms with E-state index in [1.54, 1.807) is 0 Å². The summed E-state index contributed by atoms with van der Waals surface area (Å²) in [6.45, 7) is 0.135. The molecule has 0 aromatic heterocycles. The fourth-order valence-electron chi connectivity index (χ4n) is 3.46. The number of β-amino-alcohol motifs (C(OH)–C–C–N with tert-alkyl or cyclic N) is 1. The molecule has 1 saturated carbocycles. The second-order valence-electron chi connectivity index (χ2n) is 6.06. The van der Waals surface area contributed by atoms with Crippen molar-refractivity contribution >= 4 is 11.9 Å². The van der Waals surface area contributed by atoms with Crippen molar-refractivity contribution in [3.8, 4) is 0 Å². The first-order chi connectivity index (χ1) is 9.47. The maximum atomic E-state index is 12.4. The smallest absolute Gasteiger partial charge is 0.326 e. The van der Waals surface area contributed by atoms with Crippen LogP contribution in [0.15, 0.2) is 0 Å². The molecule has 0 aromatic carbocycles. The highest BCUT2D eigenvalue weighted by atomic mass is 16.4. The predicted octanol–water partition coefficient (Wildman–Crippen LogP) is 0.345. The van der Waals surface area contributed by atoms with E-state index >= 15 is 0 Å². The maximum Gasteiger partial charge on any atom is 0.326 e. The molecule has 1 saturated heterocycles. The van der Waals surface area contributed by atoms with Crippen molar-refractivity contribution in [1.29, 1.82) is 0 Å². The largest absolute Gasteiger partial charge is 0.480 e. The van der Waals surface area contributed by atoms with E-state index in [-0.39, 0.29) is 24.4 Å². The van der Waals surface area contributed by atoms with Crippen molar-refractivity contribution in [2.75, 3.05) is 13.6 Å². The Hall–Kier alpha value is -1.14. The van der Waals surface area contributed by atoms with E-state index in [1.165, 1.54) is 11.3 Å². The Balaban J connectivity index is 2.04. The van der Waals surface area contributed by atoms with Crippen LogP contribution in [0.2, 0.25) is 0 Å². The van der Waals surface area contributed by atoms with Gasteiger partial charge in [-0.1, -0.05) is 19.3 Å². The van der Waals surface area contributed by atoms with Crippen molar-refractivity contribution in [3.05, 3.63) is 0 Å². The van der Waals surface area contributed by atoms with E-state index in [0.717, 1.165) is 25.7 Å². The molecule has 0 aromatic rings. The number of rotatable bonds is 4. The van der Waals surface area contributed by atoms with Gasteiger partial charge in [0.1, 0.15) is 6.04 Å². The third-order valence-corrected chi connectivity index (χ3v) is 4.72. The topological polar surface area (TPSA) is 89.9 Å². The second kappa shape index (κ2) is 6.10. The number of aliphatic carboxylic acids is 1. The lowest BCUT2D eigenvalue weighted by Crippen LogP contribution is -2.50. The van der Waals surface area contributed by atoms with E-state index in [1.807, 2.05) is 7.05 Å². The molecular weight excluding hydrogens is 260 g/mol. The van der Waals surface area contributed by atoms with Crippen LogP contribution >= 0.6 is 0 Å². The normalized spacial score (nSPS) is 29.4. The zero-order valence-corrected chi connectivity index (χ0v) is 12.0. The number of hydrogen-bond donors (Lipinski definition) is 3. The molecule has 0 spiro atoms. The Morgan fingerprint density at radius 2 is 1.95 bits per heavy atom. The van der Waals surface area contributed by atoms with Crippen LogP contribution < -0.4 is 5.32 Å². The van der Waals surface area contributed by atoms with Crippen LogP contribution in [0, 0.1) is 0 Å². The maximum absolute atomic E-state index is 12.4. The summed E-state index contributed by atoms with van der Waals surface area (Å²) in [5.41, 5.74) is -0.202. The molecule has 2 rings (SSSR count). The number of nitrogens with one attached hydrogen (secondary N) is 1. The minimum atomic E-state index is -1.03. The molecule has 1 amide bonds. The Morgan fingerprint density at radius 1 is 1.30 bits per heavy atom. The first kappa shape index (κ1) is 15.3. The van der Waals surface area contributed by atoms with Crippen LogP contribution in [-0.4, -0.2) is 58.3 Å². The third kappa shape index (κ3) is 3.12. The number of carbonyl (C=O) groups is 2. The Kier molecular flexibility index (Phi) is 4.65. The van der Waals surface area contributed by atoms with Crippen LogP contribution in [0.25, 0.3) is 0 Å². The minimum absolute atomic E-state index is 0.133. The quantitative estimate of drug-likeness (QED) is 0.693. The number of carboxylic acid groups (broad SMARTS) is 1. The molecule has 1 heterocycles. The van der Waals surface area contributed by atoms with Gasteiger partial charge in [0.25, 0.3) is 0 Å². The summed E-state index contributed by atoms with van der Waals surface area (Å²) >= 11 is 0. The molecule has 3 N–H and O–H groups in total. The number of carboxylic acids is 1. The zero-order chi connectivity index (χ0) is 14.8. The molecule has 1 aliphatic heterocycles. The van der Waals surface area contributed by atoms with Gasteiger partial charge in [0.15, 0.2) is 0 Å². The van der Waals surface area contributed by atoms with Crippen LogP contribution in [0.3, 0.4) is 0 Å². The lowest BCUT2D eigenvalue weighted by Gasteiger charge is -2.38. The summed E-state index contributed by atoms with van der Waals surface area (Å²) in [7, 11) is 1.87. The highest BCUT2D eigenvalue weighted by Crippen LogP contribution is 2.32. The van der Waals surface area contributed by atoms with Gasteiger partial charge >= 0.3 is 5.97 Å². The summed E-state index contributed by atoms with van der Waals surface area (Å²) in [6.07, 6.45) is 5.01. The number of carbonyl (C=O) groups excluding carboxylic acids is 1. The number of aliphatic hydroxyl groups is 1. The van der Waals surface area contributed by atoms with Crippen molar-refractivity contribution in [1.82, 2.24) is 10.2 Å². The zero-order valence-electron chi connectivity index (χ0n) is 12.0. The standard InChI is InChI=1S/C14H24N2O4/c1-15-14(5-3-2-4-6-14)8-12(18)16-9-10(17)7-11(16)13(19)20/h10-11,15,17H,2-9H2,1H3,(H,19,20)/t10?,11-/m0/s1. The van der Waals surface area contributed by atoms with Crippen LogP contribution in [0.4, 0.5) is 0 Å². The summed E-state index contributed by atoms with van der Waals surface area (Å²) in [6, 6.07) is -0.880. The van der Waals surface area contributed by atoms with Gasteiger partial charge in [-0.05, 0) is 19.9 Å². The Bertz CT molecular complexity index is 379. The van der Waals surface area contributed by atoms with Gasteiger partial charge in [0.05, 0.1) is 6.10 Å². The van der Waals surface area contributed by atoms with Crippen LogP contribution in [0.5, 0.6) is 0 Å². The highest BCUT2D eigenvalue weighted by Gasteiger charge is 2.42. The third-order valence-electron chi connectivity index (χ3n) is 4.72. The average Bonchev–Trinajstić information content (AvgIpc) is 2.82. The summed E-state index contributed by atoms with van der Waals surface area (Å²) < 4.78 is 0. The molecule has 2 aliphatic rings. The SMILES string of the molecule is CNC1(CC(=O)N2CC(O)C[C@H]2C(=O)O)CCCCC1. The molecule has 0 radical (unpaired) electrons. The number of nitrogens with zero attached hydrogens (tertiary/aromatic N) is 1. The van der Waals surface area contributed by atoms with Crippen LogP contribution in [0.1, 0.15) is 44.9 Å². The molecule has 2 atom stereocenters. The molecule has 6 nitrogen and oxygen atoms in total. The van der Waals surface area contributed by atoms with Gasteiger partial charge in [-0.3, -0.25) is 4.79 Å².